The van der Waals surface area contributed by atoms with Crippen molar-refractivity contribution in [1.29, 1.82) is 0 Å². The van der Waals surface area contributed by atoms with Crippen molar-refractivity contribution in [3.8, 4) is 5.82 Å². The number of amides is 1. The van der Waals surface area contributed by atoms with Crippen LogP contribution in [-0.2, 0) is 4.79 Å². The molecule has 7 heteroatoms. The van der Waals surface area contributed by atoms with Crippen LogP contribution in [0.25, 0.3) is 5.82 Å². The quantitative estimate of drug-likeness (QED) is 0.851. The molecular formula is C13H18N6O. The molecule has 2 heterocycles. The first kappa shape index (κ1) is 14.1. The summed E-state index contributed by atoms with van der Waals surface area (Å²) in [7, 11) is 0. The SMILES string of the molecule is CCC(N)(CC)C(=O)Nc1cccnc1-n1cncn1. The molecule has 0 spiro atoms. The number of nitrogens with one attached hydrogen (secondary N) is 1. The fraction of sp³-hybridized carbons (Fsp3) is 0.385. The minimum absolute atomic E-state index is 0.225. The largest absolute Gasteiger partial charge is 0.321 e. The zero-order valence-electron chi connectivity index (χ0n) is 11.6. The van der Waals surface area contributed by atoms with E-state index in [0.29, 0.717) is 24.3 Å². The zero-order chi connectivity index (χ0) is 14.6. The number of hydrogen-bond donors (Lipinski definition) is 2. The van der Waals surface area contributed by atoms with Gasteiger partial charge in [0.25, 0.3) is 0 Å². The van der Waals surface area contributed by atoms with Gasteiger partial charge in [-0.15, -0.1) is 0 Å². The molecule has 0 saturated heterocycles. The molecule has 0 aromatic carbocycles. The minimum atomic E-state index is -0.879. The monoisotopic (exact) mass is 274 g/mol. The average Bonchev–Trinajstić information content (AvgIpc) is 3.01. The Labute approximate surface area is 117 Å². The van der Waals surface area contributed by atoms with Crippen molar-refractivity contribution in [2.24, 2.45) is 5.73 Å². The van der Waals surface area contributed by atoms with Crippen LogP contribution in [0.2, 0.25) is 0 Å². The Morgan fingerprint density at radius 3 is 2.80 bits per heavy atom. The van der Waals surface area contributed by atoms with Gasteiger partial charge in [0.15, 0.2) is 5.82 Å². The minimum Gasteiger partial charge on any atom is -0.321 e. The van der Waals surface area contributed by atoms with Gasteiger partial charge in [0.1, 0.15) is 12.7 Å². The fourth-order valence-corrected chi connectivity index (χ4v) is 1.81. The van der Waals surface area contributed by atoms with E-state index < -0.39 is 5.54 Å². The summed E-state index contributed by atoms with van der Waals surface area (Å²) < 4.78 is 1.49. The van der Waals surface area contributed by atoms with E-state index in [1.165, 1.54) is 17.3 Å². The Hall–Kier alpha value is -2.28. The topological polar surface area (TPSA) is 98.7 Å². The Bertz CT molecular complexity index is 576. The highest BCUT2D eigenvalue weighted by Crippen LogP contribution is 2.19. The van der Waals surface area contributed by atoms with E-state index in [2.05, 4.69) is 20.4 Å². The number of pyridine rings is 1. The molecule has 0 radical (unpaired) electrons. The van der Waals surface area contributed by atoms with Crippen LogP contribution in [0.15, 0.2) is 31.0 Å². The summed E-state index contributed by atoms with van der Waals surface area (Å²) in [6, 6.07) is 3.50. The summed E-state index contributed by atoms with van der Waals surface area (Å²) in [5, 5.41) is 6.84. The lowest BCUT2D eigenvalue weighted by molar-refractivity contribution is -0.121. The highest BCUT2D eigenvalue weighted by molar-refractivity contribution is 5.99. The van der Waals surface area contributed by atoms with Gasteiger partial charge in [-0.1, -0.05) is 13.8 Å². The van der Waals surface area contributed by atoms with Crippen LogP contribution in [0.3, 0.4) is 0 Å². The molecule has 0 fully saturated rings. The van der Waals surface area contributed by atoms with Crippen LogP contribution < -0.4 is 11.1 Å². The normalized spacial score (nSPS) is 11.3. The predicted molar refractivity (Wildman–Crippen MR) is 75.3 cm³/mol. The maximum Gasteiger partial charge on any atom is 0.244 e. The maximum absolute atomic E-state index is 12.3. The second kappa shape index (κ2) is 5.79. The highest BCUT2D eigenvalue weighted by atomic mass is 16.2. The van der Waals surface area contributed by atoms with Gasteiger partial charge in [0.2, 0.25) is 5.91 Å². The third-order valence-corrected chi connectivity index (χ3v) is 3.38. The lowest BCUT2D eigenvalue weighted by atomic mass is 9.93. The van der Waals surface area contributed by atoms with Crippen molar-refractivity contribution in [2.45, 2.75) is 32.2 Å². The smallest absolute Gasteiger partial charge is 0.244 e. The van der Waals surface area contributed by atoms with Gasteiger partial charge in [0.05, 0.1) is 11.2 Å². The van der Waals surface area contributed by atoms with E-state index in [1.807, 2.05) is 13.8 Å². The molecule has 106 valence electrons. The van der Waals surface area contributed by atoms with Crippen molar-refractivity contribution in [3.63, 3.8) is 0 Å². The molecule has 2 aromatic heterocycles. The van der Waals surface area contributed by atoms with Crippen LogP contribution in [0.4, 0.5) is 5.69 Å². The standard InChI is InChI=1S/C13H18N6O/c1-3-13(14,4-2)12(20)18-10-6-5-7-16-11(10)19-9-15-8-17-19/h5-9H,3-4,14H2,1-2H3,(H,18,20). The molecule has 0 aliphatic carbocycles. The van der Waals surface area contributed by atoms with E-state index in [4.69, 9.17) is 5.73 Å². The van der Waals surface area contributed by atoms with Crippen LogP contribution in [0.1, 0.15) is 26.7 Å². The molecule has 0 atom stereocenters. The molecule has 7 nitrogen and oxygen atoms in total. The van der Waals surface area contributed by atoms with Gasteiger partial charge in [-0.05, 0) is 25.0 Å². The number of nitrogens with zero attached hydrogens (tertiary/aromatic N) is 4. The molecule has 20 heavy (non-hydrogen) atoms. The summed E-state index contributed by atoms with van der Waals surface area (Å²) in [5.41, 5.74) is 5.77. The third-order valence-electron chi connectivity index (χ3n) is 3.38. The number of rotatable bonds is 5. The Kier molecular flexibility index (Phi) is 4.09. The Morgan fingerprint density at radius 2 is 2.20 bits per heavy atom. The molecule has 0 aliphatic heterocycles. The fourth-order valence-electron chi connectivity index (χ4n) is 1.81. The third kappa shape index (κ3) is 2.67. The van der Waals surface area contributed by atoms with Crippen LogP contribution in [-0.4, -0.2) is 31.2 Å². The molecule has 0 aliphatic rings. The van der Waals surface area contributed by atoms with Crippen molar-refractivity contribution in [2.75, 3.05) is 5.32 Å². The van der Waals surface area contributed by atoms with E-state index >= 15 is 0 Å². The molecule has 2 rings (SSSR count). The summed E-state index contributed by atoms with van der Waals surface area (Å²) in [6.07, 6.45) is 5.68. The van der Waals surface area contributed by atoms with E-state index in [0.717, 1.165) is 0 Å². The van der Waals surface area contributed by atoms with E-state index in [1.54, 1.807) is 18.3 Å². The summed E-state index contributed by atoms with van der Waals surface area (Å²) in [4.78, 5) is 20.4. The van der Waals surface area contributed by atoms with Crippen LogP contribution >= 0.6 is 0 Å². The average molecular weight is 274 g/mol. The predicted octanol–water partition coefficient (Wildman–Crippen LogP) is 1.12. The number of anilines is 1. The van der Waals surface area contributed by atoms with Crippen molar-refractivity contribution in [1.82, 2.24) is 19.7 Å². The van der Waals surface area contributed by atoms with Gasteiger partial charge in [-0.25, -0.2) is 14.6 Å². The lowest BCUT2D eigenvalue weighted by Crippen LogP contribution is -2.50. The molecule has 0 saturated carbocycles. The first-order valence-electron chi connectivity index (χ1n) is 6.51. The van der Waals surface area contributed by atoms with Gasteiger partial charge in [-0.2, -0.15) is 5.10 Å². The van der Waals surface area contributed by atoms with Crippen LogP contribution in [0.5, 0.6) is 0 Å². The molecule has 0 unspecified atom stereocenters. The molecule has 1 amide bonds. The number of carbonyl (C=O) groups excluding carboxylic acids is 1. The molecule has 0 bridgehead atoms. The van der Waals surface area contributed by atoms with E-state index in [-0.39, 0.29) is 5.91 Å². The van der Waals surface area contributed by atoms with Crippen molar-refractivity contribution in [3.05, 3.63) is 31.0 Å². The second-order valence-electron chi connectivity index (χ2n) is 4.53. The summed E-state index contributed by atoms with van der Waals surface area (Å²) >= 11 is 0. The number of nitrogens with two attached hydrogens (primary N) is 1. The Morgan fingerprint density at radius 1 is 1.45 bits per heavy atom. The lowest BCUT2D eigenvalue weighted by Gasteiger charge is -2.25. The Balaban J connectivity index is 2.29. The number of carbonyl (C=O) groups is 1. The van der Waals surface area contributed by atoms with Crippen molar-refractivity contribution < 1.29 is 4.79 Å². The van der Waals surface area contributed by atoms with Gasteiger partial charge in [0, 0.05) is 6.20 Å². The van der Waals surface area contributed by atoms with Gasteiger partial charge >= 0.3 is 0 Å². The summed E-state index contributed by atoms with van der Waals surface area (Å²) in [5.74, 6) is 0.282. The maximum atomic E-state index is 12.3. The highest BCUT2D eigenvalue weighted by Gasteiger charge is 2.30. The zero-order valence-corrected chi connectivity index (χ0v) is 11.6. The second-order valence-corrected chi connectivity index (χ2v) is 4.53. The first-order chi connectivity index (χ1) is 9.60. The van der Waals surface area contributed by atoms with E-state index in [9.17, 15) is 4.79 Å². The first-order valence-corrected chi connectivity index (χ1v) is 6.51. The molecule has 2 aromatic rings. The van der Waals surface area contributed by atoms with Gasteiger partial charge in [-0.3, -0.25) is 4.79 Å². The number of aromatic nitrogens is 4. The van der Waals surface area contributed by atoms with Gasteiger partial charge < -0.3 is 11.1 Å². The van der Waals surface area contributed by atoms with Crippen LogP contribution in [0, 0.1) is 0 Å². The number of hydrogen-bond acceptors (Lipinski definition) is 5. The van der Waals surface area contributed by atoms with Crippen molar-refractivity contribution >= 4 is 11.6 Å². The molecular weight excluding hydrogens is 256 g/mol. The summed E-state index contributed by atoms with van der Waals surface area (Å²) in [6.45, 7) is 3.79. The molecule has 3 N–H and O–H groups in total.